The molecule has 0 saturated carbocycles. The van der Waals surface area contributed by atoms with Crippen LogP contribution in [0.15, 0.2) is 17.0 Å². The quantitative estimate of drug-likeness (QED) is 0.675. The summed E-state index contributed by atoms with van der Waals surface area (Å²) in [5.74, 6) is -0.409. The monoisotopic (exact) mass is 183 g/mol. The van der Waals surface area contributed by atoms with Crippen molar-refractivity contribution in [2.75, 3.05) is 7.11 Å². The molecule has 1 rings (SSSR count). The van der Waals surface area contributed by atoms with Crippen molar-refractivity contribution in [2.45, 2.75) is 4.90 Å². The van der Waals surface area contributed by atoms with Gasteiger partial charge in [-0.1, -0.05) is 0 Å². The fourth-order valence-electron chi connectivity index (χ4n) is 0.822. The summed E-state index contributed by atoms with van der Waals surface area (Å²) in [6, 6.07) is 4.65. The average Bonchev–Trinajstić information content (AvgIpc) is 2.09. The largest absolute Gasteiger partial charge is 0.495 e. The molecule has 1 aromatic rings. The van der Waals surface area contributed by atoms with Gasteiger partial charge in [0.2, 0.25) is 0 Å². The molecule has 0 spiro atoms. The van der Waals surface area contributed by atoms with Crippen molar-refractivity contribution in [1.29, 1.82) is 5.26 Å². The van der Waals surface area contributed by atoms with Crippen LogP contribution in [0.5, 0.6) is 5.75 Å². The molecule has 0 aromatic heterocycles. The number of nitrogens with zero attached hydrogens (tertiary/aromatic N) is 1. The van der Waals surface area contributed by atoms with Gasteiger partial charge in [0, 0.05) is 4.90 Å². The standard InChI is InChI=1S/C8H6FNOS/c1-11-6-2-3-7(12)8(9)5(6)4-10/h2-3,12H,1H3. The lowest BCUT2D eigenvalue weighted by atomic mass is 10.2. The first-order valence-corrected chi connectivity index (χ1v) is 3.61. The van der Waals surface area contributed by atoms with Crippen molar-refractivity contribution in [3.63, 3.8) is 0 Å². The Labute approximate surface area is 75.0 Å². The highest BCUT2D eigenvalue weighted by Crippen LogP contribution is 2.24. The van der Waals surface area contributed by atoms with Crippen molar-refractivity contribution >= 4 is 12.6 Å². The van der Waals surface area contributed by atoms with Gasteiger partial charge in [0.1, 0.15) is 17.4 Å². The highest BCUT2D eigenvalue weighted by Gasteiger charge is 2.10. The predicted octanol–water partition coefficient (Wildman–Crippen LogP) is 1.99. The SMILES string of the molecule is COc1ccc(S)c(F)c1C#N. The summed E-state index contributed by atoms with van der Waals surface area (Å²) in [6.07, 6.45) is 0. The number of hydrogen-bond acceptors (Lipinski definition) is 3. The fraction of sp³-hybridized carbons (Fsp3) is 0.125. The Kier molecular flexibility index (Phi) is 2.56. The van der Waals surface area contributed by atoms with Gasteiger partial charge in [0.25, 0.3) is 0 Å². The minimum Gasteiger partial charge on any atom is -0.495 e. The van der Waals surface area contributed by atoms with Gasteiger partial charge in [-0.3, -0.25) is 0 Å². The second-order valence-corrected chi connectivity index (χ2v) is 2.57. The van der Waals surface area contributed by atoms with E-state index in [0.29, 0.717) is 0 Å². The van der Waals surface area contributed by atoms with Gasteiger partial charge in [0.15, 0.2) is 5.82 Å². The zero-order valence-corrected chi connectivity index (χ0v) is 7.23. The summed E-state index contributed by atoms with van der Waals surface area (Å²) in [6.45, 7) is 0. The van der Waals surface area contributed by atoms with Gasteiger partial charge < -0.3 is 4.74 Å². The Balaban J connectivity index is 3.38. The maximum absolute atomic E-state index is 13.1. The zero-order valence-electron chi connectivity index (χ0n) is 6.34. The van der Waals surface area contributed by atoms with E-state index in [2.05, 4.69) is 12.6 Å². The lowest BCUT2D eigenvalue weighted by Gasteiger charge is -2.03. The molecule has 0 unspecified atom stereocenters. The number of rotatable bonds is 1. The first-order valence-electron chi connectivity index (χ1n) is 3.16. The van der Waals surface area contributed by atoms with E-state index in [-0.39, 0.29) is 16.2 Å². The van der Waals surface area contributed by atoms with Gasteiger partial charge >= 0.3 is 0 Å². The van der Waals surface area contributed by atoms with Crippen molar-refractivity contribution in [3.8, 4) is 11.8 Å². The maximum Gasteiger partial charge on any atom is 0.158 e. The summed E-state index contributed by atoms with van der Waals surface area (Å²) in [5.41, 5.74) is -0.106. The molecule has 0 aliphatic carbocycles. The Bertz CT molecular complexity index is 346. The normalized spacial score (nSPS) is 9.17. The smallest absolute Gasteiger partial charge is 0.158 e. The molecule has 4 heteroatoms. The lowest BCUT2D eigenvalue weighted by Crippen LogP contribution is -1.92. The summed E-state index contributed by atoms with van der Waals surface area (Å²) >= 11 is 3.83. The van der Waals surface area contributed by atoms with E-state index >= 15 is 0 Å². The molecule has 2 nitrogen and oxygen atoms in total. The molecule has 62 valence electrons. The van der Waals surface area contributed by atoms with Crippen LogP contribution in [-0.4, -0.2) is 7.11 Å². The third-order valence-electron chi connectivity index (χ3n) is 1.42. The fourth-order valence-corrected chi connectivity index (χ4v) is 1.01. The van der Waals surface area contributed by atoms with Gasteiger partial charge in [-0.05, 0) is 12.1 Å². The van der Waals surface area contributed by atoms with Crippen LogP contribution in [0.4, 0.5) is 4.39 Å². The van der Waals surface area contributed by atoms with E-state index in [1.807, 2.05) is 0 Å². The molecule has 0 N–H and O–H groups in total. The molecule has 1 aromatic carbocycles. The molecule has 0 saturated heterocycles. The van der Waals surface area contributed by atoms with Crippen LogP contribution in [0.3, 0.4) is 0 Å². The number of thiol groups is 1. The van der Waals surface area contributed by atoms with Crippen molar-refractivity contribution in [2.24, 2.45) is 0 Å². The van der Waals surface area contributed by atoms with Gasteiger partial charge in [-0.2, -0.15) is 5.26 Å². The van der Waals surface area contributed by atoms with E-state index in [1.54, 1.807) is 6.07 Å². The summed E-state index contributed by atoms with van der Waals surface area (Å²) in [4.78, 5) is 0.146. The maximum atomic E-state index is 13.1. The van der Waals surface area contributed by atoms with Crippen molar-refractivity contribution < 1.29 is 9.13 Å². The van der Waals surface area contributed by atoms with Crippen LogP contribution in [0.1, 0.15) is 5.56 Å². The second-order valence-electron chi connectivity index (χ2n) is 2.09. The van der Waals surface area contributed by atoms with Crippen LogP contribution in [0, 0.1) is 17.1 Å². The van der Waals surface area contributed by atoms with Crippen LogP contribution in [-0.2, 0) is 0 Å². The molecule has 0 heterocycles. The third kappa shape index (κ3) is 1.36. The summed E-state index contributed by atoms with van der Waals surface area (Å²) in [5, 5.41) is 8.55. The topological polar surface area (TPSA) is 33.0 Å². The minimum atomic E-state index is -0.639. The van der Waals surface area contributed by atoms with Crippen LogP contribution < -0.4 is 4.74 Å². The molecule has 12 heavy (non-hydrogen) atoms. The summed E-state index contributed by atoms with van der Waals surface area (Å²) in [7, 11) is 1.38. The second kappa shape index (κ2) is 3.46. The predicted molar refractivity (Wildman–Crippen MR) is 44.9 cm³/mol. The van der Waals surface area contributed by atoms with E-state index < -0.39 is 5.82 Å². The molecule has 0 aliphatic rings. The van der Waals surface area contributed by atoms with E-state index in [9.17, 15) is 4.39 Å². The minimum absolute atomic E-state index is 0.106. The lowest BCUT2D eigenvalue weighted by molar-refractivity contribution is 0.408. The summed E-state index contributed by atoms with van der Waals surface area (Å²) < 4.78 is 17.8. The number of nitriles is 1. The first kappa shape index (κ1) is 8.88. The molecular formula is C8H6FNOS. The number of benzene rings is 1. The van der Waals surface area contributed by atoms with Crippen molar-refractivity contribution in [1.82, 2.24) is 0 Å². The van der Waals surface area contributed by atoms with Crippen LogP contribution in [0.2, 0.25) is 0 Å². The van der Waals surface area contributed by atoms with Gasteiger partial charge in [-0.25, -0.2) is 4.39 Å². The first-order chi connectivity index (χ1) is 5.70. The Hall–Kier alpha value is -1.21. The molecule has 0 atom stereocenters. The molecule has 0 radical (unpaired) electrons. The Morgan fingerprint density at radius 2 is 2.25 bits per heavy atom. The Morgan fingerprint density at radius 1 is 1.58 bits per heavy atom. The number of hydrogen-bond donors (Lipinski definition) is 1. The molecule has 0 bridgehead atoms. The Morgan fingerprint density at radius 3 is 2.75 bits per heavy atom. The van der Waals surface area contributed by atoms with Crippen molar-refractivity contribution in [3.05, 3.63) is 23.5 Å². The third-order valence-corrected chi connectivity index (χ3v) is 1.76. The highest BCUT2D eigenvalue weighted by molar-refractivity contribution is 7.80. The van der Waals surface area contributed by atoms with Gasteiger partial charge in [-0.15, -0.1) is 12.6 Å². The molecule has 0 fully saturated rings. The average molecular weight is 183 g/mol. The molecular weight excluding hydrogens is 177 g/mol. The highest BCUT2D eigenvalue weighted by atomic mass is 32.1. The van der Waals surface area contributed by atoms with Crippen LogP contribution in [0.25, 0.3) is 0 Å². The van der Waals surface area contributed by atoms with Gasteiger partial charge in [0.05, 0.1) is 7.11 Å². The number of methoxy groups -OCH3 is 1. The van der Waals surface area contributed by atoms with E-state index in [4.69, 9.17) is 10.00 Å². The van der Waals surface area contributed by atoms with Crippen LogP contribution >= 0.6 is 12.6 Å². The zero-order chi connectivity index (χ0) is 9.14. The molecule has 0 aliphatic heterocycles. The van der Waals surface area contributed by atoms with E-state index in [1.165, 1.54) is 19.2 Å². The molecule has 0 amide bonds. The number of halogens is 1. The number of ether oxygens (including phenoxy) is 1. The van der Waals surface area contributed by atoms with E-state index in [0.717, 1.165) is 0 Å².